The highest BCUT2D eigenvalue weighted by atomic mass is 32.2. The maximum Gasteiger partial charge on any atom is 0.215 e. The largest absolute Gasteiger partial charge is 0.369 e. The second kappa shape index (κ2) is 6.85. The van der Waals surface area contributed by atoms with E-state index in [0.29, 0.717) is 18.2 Å². The number of aryl methyl sites for hydroxylation is 1. The van der Waals surface area contributed by atoms with Gasteiger partial charge in [0.2, 0.25) is 10.0 Å². The molecule has 1 aromatic heterocycles. The van der Waals surface area contributed by atoms with E-state index in [1.165, 1.54) is 18.4 Å². The molecule has 0 unspecified atom stereocenters. The van der Waals surface area contributed by atoms with Gasteiger partial charge in [-0.15, -0.1) is 0 Å². The van der Waals surface area contributed by atoms with Crippen molar-refractivity contribution in [3.8, 4) is 11.4 Å². The van der Waals surface area contributed by atoms with Crippen LogP contribution in [0.4, 0.5) is 5.82 Å². The molecule has 22 heavy (non-hydrogen) atoms. The van der Waals surface area contributed by atoms with Crippen LogP contribution in [0.25, 0.3) is 11.4 Å². The third-order valence-corrected chi connectivity index (χ3v) is 4.94. The van der Waals surface area contributed by atoms with Crippen molar-refractivity contribution in [1.29, 1.82) is 0 Å². The predicted octanol–water partition coefficient (Wildman–Crippen LogP) is 1.76. The average molecular weight is 320 g/mol. The summed E-state index contributed by atoms with van der Waals surface area (Å²) in [6, 6.07) is 11.5. The van der Waals surface area contributed by atoms with Crippen LogP contribution in [-0.4, -0.2) is 49.1 Å². The highest BCUT2D eigenvalue weighted by molar-refractivity contribution is 7.89. The first kappa shape index (κ1) is 16.4. The first-order chi connectivity index (χ1) is 10.4. The molecule has 1 aromatic carbocycles. The molecule has 0 aliphatic carbocycles. The number of rotatable bonds is 6. The molecule has 118 valence electrons. The first-order valence-electron chi connectivity index (χ1n) is 6.94. The van der Waals surface area contributed by atoms with Crippen LogP contribution in [0.15, 0.2) is 36.4 Å². The molecule has 0 fully saturated rings. The minimum atomic E-state index is -3.21. The van der Waals surface area contributed by atoms with Crippen molar-refractivity contribution in [1.82, 2.24) is 14.3 Å². The van der Waals surface area contributed by atoms with E-state index in [1.54, 1.807) is 6.07 Å². The van der Waals surface area contributed by atoms with Gasteiger partial charge in [-0.3, -0.25) is 0 Å². The van der Waals surface area contributed by atoms with Crippen molar-refractivity contribution in [2.24, 2.45) is 0 Å². The lowest BCUT2D eigenvalue weighted by Gasteiger charge is -2.12. The Hall–Kier alpha value is -1.99. The van der Waals surface area contributed by atoms with E-state index in [2.05, 4.69) is 15.3 Å². The highest BCUT2D eigenvalue weighted by Crippen LogP contribution is 2.17. The molecule has 0 atom stereocenters. The Morgan fingerprint density at radius 1 is 1.14 bits per heavy atom. The number of nitrogens with zero attached hydrogens (tertiary/aromatic N) is 3. The number of benzene rings is 1. The second-order valence-corrected chi connectivity index (χ2v) is 7.41. The van der Waals surface area contributed by atoms with Crippen LogP contribution in [-0.2, 0) is 10.0 Å². The van der Waals surface area contributed by atoms with E-state index < -0.39 is 10.0 Å². The van der Waals surface area contributed by atoms with Crippen molar-refractivity contribution in [2.75, 3.05) is 31.7 Å². The molecule has 0 saturated heterocycles. The van der Waals surface area contributed by atoms with Crippen LogP contribution < -0.4 is 5.32 Å². The van der Waals surface area contributed by atoms with Gasteiger partial charge in [0.1, 0.15) is 5.82 Å². The normalized spacial score (nSPS) is 11.6. The fraction of sp³-hybridized carbons (Fsp3) is 0.333. The van der Waals surface area contributed by atoms with Crippen LogP contribution in [0.5, 0.6) is 0 Å². The summed E-state index contributed by atoms with van der Waals surface area (Å²) >= 11 is 0. The van der Waals surface area contributed by atoms with Gasteiger partial charge in [0.25, 0.3) is 0 Å². The lowest BCUT2D eigenvalue weighted by atomic mass is 10.2. The van der Waals surface area contributed by atoms with Gasteiger partial charge < -0.3 is 5.32 Å². The third kappa shape index (κ3) is 4.25. The van der Waals surface area contributed by atoms with Crippen LogP contribution in [0.2, 0.25) is 0 Å². The van der Waals surface area contributed by atoms with Crippen molar-refractivity contribution in [2.45, 2.75) is 6.92 Å². The molecule has 0 amide bonds. The van der Waals surface area contributed by atoms with Gasteiger partial charge in [-0.2, -0.15) is 0 Å². The smallest absolute Gasteiger partial charge is 0.215 e. The maximum absolute atomic E-state index is 11.7. The molecule has 0 radical (unpaired) electrons. The summed E-state index contributed by atoms with van der Waals surface area (Å²) in [6.07, 6.45) is 0. The van der Waals surface area contributed by atoms with Crippen molar-refractivity contribution >= 4 is 15.8 Å². The number of sulfonamides is 1. The number of aromatic nitrogens is 2. The lowest BCUT2D eigenvalue weighted by molar-refractivity contribution is 0.521. The van der Waals surface area contributed by atoms with Gasteiger partial charge in [-0.25, -0.2) is 22.7 Å². The number of hydrogen-bond acceptors (Lipinski definition) is 5. The van der Waals surface area contributed by atoms with Crippen molar-refractivity contribution in [3.05, 3.63) is 42.1 Å². The summed E-state index contributed by atoms with van der Waals surface area (Å²) in [5.74, 6) is 1.27. The topological polar surface area (TPSA) is 75.2 Å². The SMILES string of the molecule is Cc1cc(NCCS(=O)(=O)N(C)C)nc(-c2ccccc2)n1. The molecule has 0 aliphatic rings. The molecule has 1 N–H and O–H groups in total. The summed E-state index contributed by atoms with van der Waals surface area (Å²) in [6.45, 7) is 2.18. The predicted molar refractivity (Wildman–Crippen MR) is 88.2 cm³/mol. The summed E-state index contributed by atoms with van der Waals surface area (Å²) in [5.41, 5.74) is 1.75. The molecule has 0 bridgehead atoms. The van der Waals surface area contributed by atoms with Crippen LogP contribution in [0.1, 0.15) is 5.69 Å². The standard InChI is InChI=1S/C15H20N4O2S/c1-12-11-14(16-9-10-22(20,21)19(2)3)18-15(17-12)13-7-5-4-6-8-13/h4-8,11H,9-10H2,1-3H3,(H,16,17,18). The Bertz CT molecular complexity index is 730. The Labute approximate surface area is 131 Å². The molecule has 1 heterocycles. The average Bonchev–Trinajstić information content (AvgIpc) is 2.47. The summed E-state index contributed by atoms with van der Waals surface area (Å²) in [4.78, 5) is 8.85. The van der Waals surface area contributed by atoms with Gasteiger partial charge in [-0.05, 0) is 6.92 Å². The monoisotopic (exact) mass is 320 g/mol. The van der Waals surface area contributed by atoms with Gasteiger partial charge in [0.15, 0.2) is 5.82 Å². The molecule has 0 saturated carbocycles. The molecule has 0 spiro atoms. The Balaban J connectivity index is 2.11. The van der Waals surface area contributed by atoms with Crippen molar-refractivity contribution < 1.29 is 8.42 Å². The fourth-order valence-corrected chi connectivity index (χ4v) is 2.59. The first-order valence-corrected chi connectivity index (χ1v) is 8.54. The van der Waals surface area contributed by atoms with E-state index in [9.17, 15) is 8.42 Å². The molecule has 2 rings (SSSR count). The lowest BCUT2D eigenvalue weighted by Crippen LogP contribution is -2.28. The van der Waals surface area contributed by atoms with E-state index >= 15 is 0 Å². The Kier molecular flexibility index (Phi) is 5.10. The van der Waals surface area contributed by atoms with E-state index in [1.807, 2.05) is 37.3 Å². The van der Waals surface area contributed by atoms with Gasteiger partial charge in [0.05, 0.1) is 5.75 Å². The van der Waals surface area contributed by atoms with E-state index in [4.69, 9.17) is 0 Å². The Morgan fingerprint density at radius 3 is 2.45 bits per heavy atom. The van der Waals surface area contributed by atoms with Crippen molar-refractivity contribution in [3.63, 3.8) is 0 Å². The molecule has 7 heteroatoms. The third-order valence-electron chi connectivity index (χ3n) is 3.11. The number of anilines is 1. The molecule has 0 aliphatic heterocycles. The van der Waals surface area contributed by atoms with Crippen LogP contribution >= 0.6 is 0 Å². The van der Waals surface area contributed by atoms with Crippen LogP contribution in [0, 0.1) is 6.92 Å². The van der Waals surface area contributed by atoms with Gasteiger partial charge in [0, 0.05) is 38.0 Å². The Morgan fingerprint density at radius 2 is 1.82 bits per heavy atom. The fourth-order valence-electron chi connectivity index (χ4n) is 1.87. The minimum Gasteiger partial charge on any atom is -0.369 e. The quantitative estimate of drug-likeness (QED) is 0.878. The van der Waals surface area contributed by atoms with Crippen LogP contribution in [0.3, 0.4) is 0 Å². The zero-order valence-corrected chi connectivity index (χ0v) is 13.8. The minimum absolute atomic E-state index is 0.0176. The molecule has 2 aromatic rings. The molecule has 6 nitrogen and oxygen atoms in total. The highest BCUT2D eigenvalue weighted by Gasteiger charge is 2.13. The summed E-state index contributed by atoms with van der Waals surface area (Å²) in [5, 5.41) is 3.05. The second-order valence-electron chi connectivity index (χ2n) is 5.11. The van der Waals surface area contributed by atoms with Gasteiger partial charge in [-0.1, -0.05) is 30.3 Å². The number of nitrogens with one attached hydrogen (secondary N) is 1. The molecular weight excluding hydrogens is 300 g/mol. The summed E-state index contributed by atoms with van der Waals surface area (Å²) < 4.78 is 24.7. The molecular formula is C15H20N4O2S. The number of hydrogen-bond donors (Lipinski definition) is 1. The van der Waals surface area contributed by atoms with E-state index in [-0.39, 0.29) is 5.75 Å². The summed E-state index contributed by atoms with van der Waals surface area (Å²) in [7, 11) is -0.162. The zero-order chi connectivity index (χ0) is 16.2. The van der Waals surface area contributed by atoms with E-state index in [0.717, 1.165) is 11.3 Å². The van der Waals surface area contributed by atoms with Gasteiger partial charge >= 0.3 is 0 Å². The zero-order valence-electron chi connectivity index (χ0n) is 12.9. The maximum atomic E-state index is 11.7.